The van der Waals surface area contributed by atoms with E-state index in [2.05, 4.69) is 36.2 Å². The normalized spacial score (nSPS) is 14.7. The number of aromatic carboxylic acids is 1. The fraction of sp³-hybridized carbons (Fsp3) is 0.140. The van der Waals surface area contributed by atoms with E-state index in [1.807, 2.05) is 5.32 Å². The third-order valence-electron chi connectivity index (χ3n) is 10.6. The Kier molecular flexibility index (Phi) is 10.8. The van der Waals surface area contributed by atoms with Crippen molar-refractivity contribution in [3.05, 3.63) is 134 Å². The topological polar surface area (TPSA) is 248 Å². The minimum Gasteiger partial charge on any atom is -0.508 e. The number of hydrogen-bond acceptors (Lipinski definition) is 12. The van der Waals surface area contributed by atoms with Crippen molar-refractivity contribution >= 4 is 80.7 Å². The van der Waals surface area contributed by atoms with Gasteiger partial charge in [-0.1, -0.05) is 34.5 Å². The summed E-state index contributed by atoms with van der Waals surface area (Å²) in [5.41, 5.74) is -2.98. The van der Waals surface area contributed by atoms with Crippen LogP contribution in [0.3, 0.4) is 0 Å². The van der Waals surface area contributed by atoms with Crippen LogP contribution in [0, 0.1) is 0 Å². The summed E-state index contributed by atoms with van der Waals surface area (Å²) in [6.45, 7) is 0.526. The van der Waals surface area contributed by atoms with Gasteiger partial charge in [-0.05, 0) is 78.7 Å². The van der Waals surface area contributed by atoms with E-state index in [-0.39, 0.29) is 79.2 Å². The van der Waals surface area contributed by atoms with Crippen LogP contribution in [0.2, 0.25) is 10.0 Å². The fourth-order valence-electron chi connectivity index (χ4n) is 7.60. The highest BCUT2D eigenvalue weighted by Gasteiger charge is 2.68. The first kappa shape index (κ1) is 43.2. The molecule has 66 heavy (non-hydrogen) atoms. The first-order valence-electron chi connectivity index (χ1n) is 19.5. The van der Waals surface area contributed by atoms with E-state index in [0.717, 1.165) is 6.07 Å². The highest BCUT2D eigenvalue weighted by atomic mass is 35.5. The maximum atomic E-state index is 14.9. The van der Waals surface area contributed by atoms with Crippen LogP contribution in [-0.4, -0.2) is 76.2 Å². The van der Waals surface area contributed by atoms with Gasteiger partial charge in [-0.15, -0.1) is 5.10 Å². The van der Waals surface area contributed by atoms with Crippen LogP contribution in [0.25, 0.3) is 44.5 Å². The highest BCUT2D eigenvalue weighted by molar-refractivity contribution is 6.42. The van der Waals surface area contributed by atoms with Gasteiger partial charge < -0.3 is 30.6 Å². The lowest BCUT2D eigenvalue weighted by molar-refractivity contribution is -0.213. The van der Waals surface area contributed by atoms with Gasteiger partial charge >= 0.3 is 12.1 Å². The van der Waals surface area contributed by atoms with Gasteiger partial charge in [0.25, 0.3) is 23.4 Å². The molecule has 3 aliphatic rings. The van der Waals surface area contributed by atoms with Gasteiger partial charge in [-0.2, -0.15) is 13.2 Å². The van der Waals surface area contributed by atoms with Crippen LogP contribution in [0.5, 0.6) is 5.75 Å². The Morgan fingerprint density at radius 3 is 2.50 bits per heavy atom. The number of rotatable bonds is 12. The quantitative estimate of drug-likeness (QED) is 0.0556. The number of nitrogens with one attached hydrogen (secondary N) is 4. The molecule has 0 radical (unpaired) electrons. The summed E-state index contributed by atoms with van der Waals surface area (Å²) in [7, 11) is 0. The fourth-order valence-corrected chi connectivity index (χ4v) is 7.92. The second kappa shape index (κ2) is 16.5. The van der Waals surface area contributed by atoms with Crippen molar-refractivity contribution < 1.29 is 47.0 Å². The average Bonchev–Trinajstić information content (AvgIpc) is 3.95. The highest BCUT2D eigenvalue weighted by Crippen LogP contribution is 2.46. The van der Waals surface area contributed by atoms with E-state index in [4.69, 9.17) is 27.6 Å². The average molecular weight is 942 g/mol. The summed E-state index contributed by atoms with van der Waals surface area (Å²) in [6.07, 6.45) is -3.36. The number of hydrogen-bond donors (Lipinski definition) is 6. The van der Waals surface area contributed by atoms with Gasteiger partial charge in [0, 0.05) is 47.3 Å². The molecular formula is C43H29Cl2F3N10O8. The number of benzene rings is 4. The smallest absolute Gasteiger partial charge is 0.440 e. The number of carbonyl (C=O) groups is 4. The van der Waals surface area contributed by atoms with Crippen LogP contribution in [0.1, 0.15) is 43.3 Å². The zero-order chi connectivity index (χ0) is 46.7. The van der Waals surface area contributed by atoms with E-state index >= 15 is 0 Å². The lowest BCUT2D eigenvalue weighted by Gasteiger charge is -2.31. The Morgan fingerprint density at radius 2 is 1.71 bits per heavy atom. The van der Waals surface area contributed by atoms with Gasteiger partial charge in [0.05, 0.1) is 39.4 Å². The molecule has 6 aromatic rings. The number of phenols is 1. The molecule has 2 aliphatic heterocycles. The summed E-state index contributed by atoms with van der Waals surface area (Å²) in [5, 5.41) is 38.5. The zero-order valence-corrected chi connectivity index (χ0v) is 34.9. The summed E-state index contributed by atoms with van der Waals surface area (Å²) in [4.78, 5) is 72.6. The molecule has 9 rings (SSSR count). The number of nitrogens with zero attached hydrogens (tertiary/aromatic N) is 6. The minimum atomic E-state index is -5.36. The molecule has 0 spiro atoms. The number of pyridine rings is 1. The number of halogens is 5. The van der Waals surface area contributed by atoms with Gasteiger partial charge in [0.2, 0.25) is 5.95 Å². The molecule has 6 N–H and O–H groups in total. The van der Waals surface area contributed by atoms with E-state index < -0.39 is 47.2 Å². The molecule has 0 bridgehead atoms. The molecule has 1 aliphatic carbocycles. The molecule has 1 atom stereocenters. The van der Waals surface area contributed by atoms with Crippen molar-refractivity contribution in [2.75, 3.05) is 17.2 Å². The molecule has 1 unspecified atom stereocenters. The van der Waals surface area contributed by atoms with Crippen molar-refractivity contribution in [3.8, 4) is 28.2 Å². The lowest BCUT2D eigenvalue weighted by atomic mass is 9.89. The molecule has 334 valence electrons. The number of fused-ring (bicyclic) bond motifs is 5. The monoisotopic (exact) mass is 940 g/mol. The predicted octanol–water partition coefficient (Wildman–Crippen LogP) is 6.64. The lowest BCUT2D eigenvalue weighted by Crippen LogP contribution is -2.63. The molecule has 18 nitrogen and oxygen atoms in total. The van der Waals surface area contributed by atoms with Crippen molar-refractivity contribution in [1.82, 2.24) is 40.2 Å². The minimum absolute atomic E-state index is 0.0106. The number of aromatic nitrogens is 6. The van der Waals surface area contributed by atoms with E-state index in [0.29, 0.717) is 39.7 Å². The molecule has 0 saturated heterocycles. The number of phenolic OH excluding ortho intramolecular Hbond substituents is 1. The number of carboxylic acids is 1. The Labute approximate surface area is 377 Å². The molecule has 3 aromatic carbocycles. The third-order valence-corrected chi connectivity index (χ3v) is 11.3. The van der Waals surface area contributed by atoms with Gasteiger partial charge in [0.1, 0.15) is 34.3 Å². The molecule has 0 fully saturated rings. The van der Waals surface area contributed by atoms with E-state index in [9.17, 15) is 47.4 Å². The predicted molar refractivity (Wildman–Crippen MR) is 232 cm³/mol. The maximum Gasteiger partial charge on any atom is 0.440 e. The molecule has 5 heterocycles. The number of alkyl halides is 3. The number of aryl methyl sites for hydroxylation is 1. The Hall–Kier alpha value is -8.04. The second-order valence-corrected chi connectivity index (χ2v) is 15.7. The number of anilines is 2. The second-order valence-electron chi connectivity index (χ2n) is 14.9. The Balaban J connectivity index is 0.839. The number of carboxylic acid groups (broad SMARTS) is 1. The third kappa shape index (κ3) is 7.72. The molecule has 23 heteroatoms. The summed E-state index contributed by atoms with van der Waals surface area (Å²) in [5.74, 6) is -5.03. The zero-order valence-electron chi connectivity index (χ0n) is 33.4. The number of carbonyl (C=O) groups excluding carboxylic acids is 3. The molecule has 3 aromatic heterocycles. The standard InChI is InChI=1S/C43H29Cl2F3N10O8/c44-28-16-31-32(17-29(28)45)58-41(52-31)53-40(65)42(58,43(46,47)48)54-38(62)30-3-1-4-35(51-30)50-18-21-19-57(56-55-21)12-2-11-49-37(61)20-5-8-24(39(63)64)27(13-20)36-25-9-6-22(59)14-33(25)66-34-15-23(60)7-10-26(34)36/h1,3-10,13-17,19,59H,2,11-12,18H2,(H,49,61)(H,50,51)(H,54,62)(H,63,64)(H,52,53,65). The number of aromatic hydroxyl groups is 1. The van der Waals surface area contributed by atoms with Crippen molar-refractivity contribution in [2.24, 2.45) is 0 Å². The van der Waals surface area contributed by atoms with Crippen molar-refractivity contribution in [3.63, 3.8) is 0 Å². The number of amides is 3. The van der Waals surface area contributed by atoms with Crippen LogP contribution in [-0.2, 0) is 23.5 Å². The SMILES string of the molecule is O=C(NCCCn1cc(CNc2cccc(C(=O)NC3(C(F)(F)F)C(=O)Nc4nc5cc(Cl)c(Cl)cc5n43)n2)nn1)c1ccc(C(=O)O)c(-c2c3ccc(=O)cc-3oc3cc(O)ccc23)c1. The molecular weight excluding hydrogens is 912 g/mol. The summed E-state index contributed by atoms with van der Waals surface area (Å²) >= 11 is 12.1. The first-order chi connectivity index (χ1) is 31.5. The van der Waals surface area contributed by atoms with Gasteiger partial charge in [-0.25, -0.2) is 14.8 Å². The van der Waals surface area contributed by atoms with E-state index in [1.165, 1.54) is 77.5 Å². The molecule has 0 saturated carbocycles. The van der Waals surface area contributed by atoms with Crippen LogP contribution < -0.4 is 26.7 Å². The Morgan fingerprint density at radius 1 is 0.909 bits per heavy atom. The maximum absolute atomic E-state index is 14.9. The van der Waals surface area contributed by atoms with Gasteiger partial charge in [-0.3, -0.25) is 33.7 Å². The summed E-state index contributed by atoms with van der Waals surface area (Å²) in [6, 6.07) is 18.9. The van der Waals surface area contributed by atoms with Crippen molar-refractivity contribution in [2.45, 2.75) is 31.3 Å². The first-order valence-corrected chi connectivity index (χ1v) is 20.3. The summed E-state index contributed by atoms with van der Waals surface area (Å²) < 4.78 is 52.7. The van der Waals surface area contributed by atoms with Gasteiger partial charge in [0.15, 0.2) is 5.43 Å². The van der Waals surface area contributed by atoms with Crippen molar-refractivity contribution in [1.29, 1.82) is 0 Å². The molecule has 3 amide bonds. The number of imidazole rings is 1. The van der Waals surface area contributed by atoms with Crippen LogP contribution in [0.4, 0.5) is 24.9 Å². The van der Waals surface area contributed by atoms with Crippen LogP contribution >= 0.6 is 23.2 Å². The van der Waals surface area contributed by atoms with E-state index in [1.54, 1.807) is 12.3 Å². The largest absolute Gasteiger partial charge is 0.508 e. The van der Waals surface area contributed by atoms with Crippen LogP contribution in [0.15, 0.2) is 100 Å². The Bertz CT molecular complexity index is 3360.